The van der Waals surface area contributed by atoms with Crippen LogP contribution in [0, 0.1) is 0 Å². The first-order chi connectivity index (χ1) is 9.15. The molecule has 0 amide bonds. The molecule has 1 aromatic carbocycles. The minimum absolute atomic E-state index is 0.0254. The molecule has 2 aromatic rings. The van der Waals surface area contributed by atoms with E-state index in [4.69, 9.17) is 4.74 Å². The molecule has 0 fully saturated rings. The predicted molar refractivity (Wildman–Crippen MR) is 83.5 cm³/mol. The van der Waals surface area contributed by atoms with Gasteiger partial charge in [-0.15, -0.1) is 0 Å². The van der Waals surface area contributed by atoms with E-state index in [-0.39, 0.29) is 6.04 Å². The Hall–Kier alpha value is -0.910. The summed E-state index contributed by atoms with van der Waals surface area (Å²) >= 11 is 6.95. The van der Waals surface area contributed by atoms with E-state index in [0.29, 0.717) is 0 Å². The summed E-state index contributed by atoms with van der Waals surface area (Å²) in [6.45, 7) is 0. The van der Waals surface area contributed by atoms with Gasteiger partial charge < -0.3 is 10.1 Å². The maximum Gasteiger partial charge on any atom is 0.124 e. The highest BCUT2D eigenvalue weighted by molar-refractivity contribution is 9.10. The third-order valence-electron chi connectivity index (χ3n) is 2.85. The molecule has 1 atom stereocenters. The standard InChI is InChI=1S/C14H14Br2N2O/c1-17-14(9-5-11(16)8-18-7-9)12-6-10(15)3-4-13(12)19-2/h3-8,14,17H,1-2H3. The Morgan fingerprint density at radius 2 is 1.95 bits per heavy atom. The Kier molecular flexibility index (Phi) is 4.96. The first-order valence-corrected chi connectivity index (χ1v) is 7.35. The number of rotatable bonds is 4. The largest absolute Gasteiger partial charge is 0.496 e. The number of halogens is 2. The van der Waals surface area contributed by atoms with Gasteiger partial charge in [-0.3, -0.25) is 4.98 Å². The molecule has 1 N–H and O–H groups in total. The summed E-state index contributed by atoms with van der Waals surface area (Å²) in [5, 5.41) is 3.30. The van der Waals surface area contributed by atoms with E-state index in [2.05, 4.69) is 54.3 Å². The molecule has 0 aliphatic carbocycles. The van der Waals surface area contributed by atoms with Crippen molar-refractivity contribution in [3.63, 3.8) is 0 Å². The van der Waals surface area contributed by atoms with Crippen LogP contribution >= 0.6 is 31.9 Å². The van der Waals surface area contributed by atoms with Gasteiger partial charge in [0.2, 0.25) is 0 Å². The summed E-state index contributed by atoms with van der Waals surface area (Å²) in [6, 6.07) is 8.05. The third kappa shape index (κ3) is 3.35. The van der Waals surface area contributed by atoms with Gasteiger partial charge in [0.05, 0.1) is 13.2 Å². The van der Waals surface area contributed by atoms with Gasteiger partial charge in [-0.1, -0.05) is 15.9 Å². The molecule has 0 aliphatic rings. The SMILES string of the molecule is CNC(c1cncc(Br)c1)c1cc(Br)ccc1OC. The third-order valence-corrected chi connectivity index (χ3v) is 3.78. The molecule has 19 heavy (non-hydrogen) atoms. The lowest BCUT2D eigenvalue weighted by Crippen LogP contribution is -2.18. The first kappa shape index (κ1) is 14.5. The van der Waals surface area contributed by atoms with Crippen LogP contribution in [0.4, 0.5) is 0 Å². The Labute approximate surface area is 129 Å². The van der Waals surface area contributed by atoms with Crippen molar-refractivity contribution in [2.45, 2.75) is 6.04 Å². The summed E-state index contributed by atoms with van der Waals surface area (Å²) in [5.74, 6) is 0.850. The summed E-state index contributed by atoms with van der Waals surface area (Å²) in [4.78, 5) is 4.22. The van der Waals surface area contributed by atoms with Crippen LogP contribution in [0.25, 0.3) is 0 Å². The van der Waals surface area contributed by atoms with E-state index in [1.54, 1.807) is 13.3 Å². The monoisotopic (exact) mass is 384 g/mol. The summed E-state index contributed by atoms with van der Waals surface area (Å²) in [6.07, 6.45) is 3.63. The predicted octanol–water partition coefficient (Wildman–Crippen LogP) is 3.92. The molecule has 1 heterocycles. The zero-order chi connectivity index (χ0) is 13.8. The Morgan fingerprint density at radius 3 is 2.58 bits per heavy atom. The van der Waals surface area contributed by atoms with Gasteiger partial charge in [-0.25, -0.2) is 0 Å². The van der Waals surface area contributed by atoms with Gasteiger partial charge in [0.15, 0.2) is 0 Å². The lowest BCUT2D eigenvalue weighted by Gasteiger charge is -2.20. The average molecular weight is 386 g/mol. The summed E-state index contributed by atoms with van der Waals surface area (Å²) in [5.41, 5.74) is 2.15. The number of methoxy groups -OCH3 is 1. The fourth-order valence-corrected chi connectivity index (χ4v) is 2.78. The molecule has 1 aromatic heterocycles. The van der Waals surface area contributed by atoms with Crippen molar-refractivity contribution in [3.8, 4) is 5.75 Å². The number of nitrogens with zero attached hydrogens (tertiary/aromatic N) is 1. The molecule has 100 valence electrons. The van der Waals surface area contributed by atoms with E-state index in [1.807, 2.05) is 25.4 Å². The summed E-state index contributed by atoms with van der Waals surface area (Å²) < 4.78 is 7.42. The van der Waals surface area contributed by atoms with Crippen LogP contribution in [0.1, 0.15) is 17.2 Å². The van der Waals surface area contributed by atoms with Crippen molar-refractivity contribution in [1.82, 2.24) is 10.3 Å². The zero-order valence-electron chi connectivity index (χ0n) is 10.7. The molecular formula is C14H14Br2N2O. The first-order valence-electron chi connectivity index (χ1n) is 5.77. The number of benzene rings is 1. The minimum atomic E-state index is 0.0254. The Balaban J connectivity index is 2.50. The number of pyridine rings is 1. The van der Waals surface area contributed by atoms with Gasteiger partial charge in [-0.2, -0.15) is 0 Å². The molecular weight excluding hydrogens is 372 g/mol. The van der Waals surface area contributed by atoms with Crippen LogP contribution in [-0.4, -0.2) is 19.1 Å². The van der Waals surface area contributed by atoms with Gasteiger partial charge in [0.1, 0.15) is 5.75 Å². The van der Waals surface area contributed by atoms with E-state index in [0.717, 1.165) is 25.8 Å². The molecule has 2 rings (SSSR count). The lowest BCUT2D eigenvalue weighted by atomic mass is 9.99. The quantitative estimate of drug-likeness (QED) is 0.865. The maximum atomic E-state index is 5.44. The molecule has 0 bridgehead atoms. The van der Waals surface area contributed by atoms with E-state index in [9.17, 15) is 0 Å². The highest BCUT2D eigenvalue weighted by Crippen LogP contribution is 2.32. The highest BCUT2D eigenvalue weighted by Gasteiger charge is 2.17. The number of aromatic nitrogens is 1. The second-order valence-corrected chi connectivity index (χ2v) is 5.88. The maximum absolute atomic E-state index is 5.44. The second-order valence-electron chi connectivity index (χ2n) is 4.04. The molecule has 0 aliphatic heterocycles. The lowest BCUT2D eigenvalue weighted by molar-refractivity contribution is 0.405. The van der Waals surface area contributed by atoms with E-state index in [1.165, 1.54) is 0 Å². The van der Waals surface area contributed by atoms with E-state index < -0.39 is 0 Å². The number of ether oxygens (including phenoxy) is 1. The van der Waals surface area contributed by atoms with Crippen molar-refractivity contribution in [3.05, 3.63) is 56.7 Å². The highest BCUT2D eigenvalue weighted by atomic mass is 79.9. The number of nitrogens with one attached hydrogen (secondary N) is 1. The fourth-order valence-electron chi connectivity index (χ4n) is 2.02. The summed E-state index contributed by atoms with van der Waals surface area (Å²) in [7, 11) is 3.60. The van der Waals surface area contributed by atoms with Crippen molar-refractivity contribution >= 4 is 31.9 Å². The Morgan fingerprint density at radius 1 is 1.16 bits per heavy atom. The van der Waals surface area contributed by atoms with Gasteiger partial charge in [0, 0.05) is 26.9 Å². The van der Waals surface area contributed by atoms with Gasteiger partial charge >= 0.3 is 0 Å². The molecule has 0 saturated heterocycles. The van der Waals surface area contributed by atoms with Crippen molar-refractivity contribution < 1.29 is 4.74 Å². The smallest absolute Gasteiger partial charge is 0.124 e. The fraction of sp³-hybridized carbons (Fsp3) is 0.214. The van der Waals surface area contributed by atoms with Crippen LogP contribution in [-0.2, 0) is 0 Å². The van der Waals surface area contributed by atoms with Crippen LogP contribution in [0.3, 0.4) is 0 Å². The van der Waals surface area contributed by atoms with Crippen LogP contribution in [0.5, 0.6) is 5.75 Å². The average Bonchev–Trinajstić information content (AvgIpc) is 2.40. The molecule has 1 unspecified atom stereocenters. The topological polar surface area (TPSA) is 34.2 Å². The molecule has 0 spiro atoms. The molecule has 3 nitrogen and oxygen atoms in total. The molecule has 5 heteroatoms. The molecule has 0 radical (unpaired) electrons. The number of hydrogen-bond acceptors (Lipinski definition) is 3. The molecule has 0 saturated carbocycles. The van der Waals surface area contributed by atoms with Gasteiger partial charge in [-0.05, 0) is 52.8 Å². The van der Waals surface area contributed by atoms with Crippen molar-refractivity contribution in [1.29, 1.82) is 0 Å². The van der Waals surface area contributed by atoms with Crippen LogP contribution in [0.2, 0.25) is 0 Å². The normalized spacial score (nSPS) is 12.2. The van der Waals surface area contributed by atoms with Gasteiger partial charge in [0.25, 0.3) is 0 Å². The zero-order valence-corrected chi connectivity index (χ0v) is 13.8. The van der Waals surface area contributed by atoms with Crippen LogP contribution < -0.4 is 10.1 Å². The minimum Gasteiger partial charge on any atom is -0.496 e. The number of hydrogen-bond donors (Lipinski definition) is 1. The van der Waals surface area contributed by atoms with E-state index >= 15 is 0 Å². The van der Waals surface area contributed by atoms with Crippen LogP contribution in [0.15, 0.2) is 45.6 Å². The van der Waals surface area contributed by atoms with Crippen molar-refractivity contribution in [2.24, 2.45) is 0 Å². The second kappa shape index (κ2) is 6.50. The Bertz CT molecular complexity index is 575. The van der Waals surface area contributed by atoms with Crippen molar-refractivity contribution in [2.75, 3.05) is 14.2 Å².